The standard InChI is InChI=1S/C13H20F2N2O3/c1-3-11(18)16(4-2)8-12(19)17-6-5-10(7-17)9-20-13(14)15/h3,10,13H,1,4-9H2,2H3. The summed E-state index contributed by atoms with van der Waals surface area (Å²) < 4.78 is 28.1. The van der Waals surface area contributed by atoms with E-state index in [2.05, 4.69) is 11.3 Å². The van der Waals surface area contributed by atoms with Gasteiger partial charge in [0.15, 0.2) is 0 Å². The van der Waals surface area contributed by atoms with Crippen molar-refractivity contribution in [2.24, 2.45) is 5.92 Å². The van der Waals surface area contributed by atoms with Crippen molar-refractivity contribution in [2.45, 2.75) is 20.0 Å². The van der Waals surface area contributed by atoms with Crippen molar-refractivity contribution >= 4 is 11.8 Å². The van der Waals surface area contributed by atoms with Gasteiger partial charge in [-0.25, -0.2) is 0 Å². The molecule has 7 heteroatoms. The zero-order valence-corrected chi connectivity index (χ0v) is 11.6. The van der Waals surface area contributed by atoms with Crippen LogP contribution in [0.1, 0.15) is 13.3 Å². The third kappa shape index (κ3) is 4.88. The Morgan fingerprint density at radius 1 is 1.55 bits per heavy atom. The number of hydrogen-bond acceptors (Lipinski definition) is 3. The predicted molar refractivity (Wildman–Crippen MR) is 69.1 cm³/mol. The van der Waals surface area contributed by atoms with Gasteiger partial charge < -0.3 is 14.5 Å². The summed E-state index contributed by atoms with van der Waals surface area (Å²) in [6, 6.07) is 0. The van der Waals surface area contributed by atoms with Gasteiger partial charge in [0.25, 0.3) is 0 Å². The van der Waals surface area contributed by atoms with Gasteiger partial charge >= 0.3 is 6.61 Å². The van der Waals surface area contributed by atoms with Crippen LogP contribution in [0.15, 0.2) is 12.7 Å². The Morgan fingerprint density at radius 2 is 2.25 bits per heavy atom. The largest absolute Gasteiger partial charge is 0.345 e. The second-order valence-corrected chi connectivity index (χ2v) is 4.64. The molecular formula is C13H20F2N2O3. The van der Waals surface area contributed by atoms with Crippen molar-refractivity contribution in [3.63, 3.8) is 0 Å². The highest BCUT2D eigenvalue weighted by molar-refractivity contribution is 5.90. The average Bonchev–Trinajstić information content (AvgIpc) is 2.90. The molecule has 1 rings (SSSR count). The van der Waals surface area contributed by atoms with E-state index in [4.69, 9.17) is 0 Å². The van der Waals surface area contributed by atoms with E-state index in [1.807, 2.05) is 0 Å². The zero-order chi connectivity index (χ0) is 15.1. The number of halogens is 2. The predicted octanol–water partition coefficient (Wildman–Crippen LogP) is 1.11. The van der Waals surface area contributed by atoms with Crippen molar-refractivity contribution in [1.29, 1.82) is 0 Å². The van der Waals surface area contributed by atoms with Crippen LogP contribution in [-0.4, -0.2) is 61.0 Å². The highest BCUT2D eigenvalue weighted by Crippen LogP contribution is 2.17. The molecule has 0 aromatic rings. The second-order valence-electron chi connectivity index (χ2n) is 4.64. The topological polar surface area (TPSA) is 49.9 Å². The normalized spacial score (nSPS) is 18.4. The number of carbonyl (C=O) groups is 2. The monoisotopic (exact) mass is 290 g/mol. The highest BCUT2D eigenvalue weighted by Gasteiger charge is 2.28. The summed E-state index contributed by atoms with van der Waals surface area (Å²) in [6.45, 7) is 3.64. The number of ether oxygens (including phenoxy) is 1. The smallest absolute Gasteiger partial charge is 0.341 e. The molecule has 0 radical (unpaired) electrons. The number of hydrogen-bond donors (Lipinski definition) is 0. The molecule has 114 valence electrons. The van der Waals surface area contributed by atoms with E-state index in [-0.39, 0.29) is 30.9 Å². The van der Waals surface area contributed by atoms with Crippen LogP contribution in [0.3, 0.4) is 0 Å². The maximum Gasteiger partial charge on any atom is 0.345 e. The molecule has 0 aromatic heterocycles. The minimum atomic E-state index is -2.78. The molecule has 1 aliphatic rings. The fourth-order valence-corrected chi connectivity index (χ4v) is 2.14. The first-order valence-electron chi connectivity index (χ1n) is 6.56. The molecule has 1 heterocycles. The summed E-state index contributed by atoms with van der Waals surface area (Å²) in [5.41, 5.74) is 0. The third-order valence-corrected chi connectivity index (χ3v) is 3.29. The molecule has 5 nitrogen and oxygen atoms in total. The van der Waals surface area contributed by atoms with E-state index in [1.165, 1.54) is 11.0 Å². The van der Waals surface area contributed by atoms with Gasteiger partial charge in [-0.1, -0.05) is 6.58 Å². The Hall–Kier alpha value is -1.50. The SMILES string of the molecule is C=CC(=O)N(CC)CC(=O)N1CCC(COC(F)F)C1. The minimum absolute atomic E-state index is 0.0101. The molecule has 0 spiro atoms. The van der Waals surface area contributed by atoms with Crippen LogP contribution in [0.2, 0.25) is 0 Å². The Morgan fingerprint density at radius 3 is 2.80 bits per heavy atom. The number of likely N-dealkylation sites (N-methyl/N-ethyl adjacent to an activating group) is 1. The molecular weight excluding hydrogens is 270 g/mol. The molecule has 0 aromatic carbocycles. The van der Waals surface area contributed by atoms with Gasteiger partial charge in [-0.3, -0.25) is 9.59 Å². The highest BCUT2D eigenvalue weighted by atomic mass is 19.3. The van der Waals surface area contributed by atoms with Crippen LogP contribution in [0.4, 0.5) is 8.78 Å². The fourth-order valence-electron chi connectivity index (χ4n) is 2.14. The van der Waals surface area contributed by atoms with Crippen LogP contribution in [0, 0.1) is 5.92 Å². The van der Waals surface area contributed by atoms with Crippen LogP contribution in [-0.2, 0) is 14.3 Å². The van der Waals surface area contributed by atoms with E-state index in [9.17, 15) is 18.4 Å². The summed E-state index contributed by atoms with van der Waals surface area (Å²) in [5.74, 6) is -0.544. The van der Waals surface area contributed by atoms with Crippen molar-refractivity contribution in [1.82, 2.24) is 9.80 Å². The molecule has 1 aliphatic heterocycles. The number of alkyl halides is 2. The van der Waals surface area contributed by atoms with Crippen LogP contribution in [0.5, 0.6) is 0 Å². The van der Waals surface area contributed by atoms with Crippen LogP contribution in [0.25, 0.3) is 0 Å². The number of likely N-dealkylation sites (tertiary alicyclic amines) is 1. The lowest BCUT2D eigenvalue weighted by Gasteiger charge is -2.23. The Labute approximate surface area is 117 Å². The maximum absolute atomic E-state index is 12.0. The average molecular weight is 290 g/mol. The lowest BCUT2D eigenvalue weighted by molar-refractivity contribution is -0.140. The van der Waals surface area contributed by atoms with Crippen molar-refractivity contribution in [2.75, 3.05) is 32.8 Å². The van der Waals surface area contributed by atoms with Gasteiger partial charge in [0.05, 0.1) is 13.2 Å². The first-order valence-corrected chi connectivity index (χ1v) is 6.56. The lowest BCUT2D eigenvalue weighted by atomic mass is 10.1. The first-order chi connectivity index (χ1) is 9.47. The molecule has 0 saturated carbocycles. The quantitative estimate of drug-likeness (QED) is 0.660. The van der Waals surface area contributed by atoms with Gasteiger partial charge in [-0.2, -0.15) is 8.78 Å². The first kappa shape index (κ1) is 16.6. The second kappa shape index (κ2) is 7.94. The van der Waals surface area contributed by atoms with E-state index >= 15 is 0 Å². The fraction of sp³-hybridized carbons (Fsp3) is 0.692. The van der Waals surface area contributed by atoms with E-state index in [1.54, 1.807) is 11.8 Å². The molecule has 2 amide bonds. The molecule has 20 heavy (non-hydrogen) atoms. The van der Waals surface area contributed by atoms with Gasteiger partial charge in [-0.05, 0) is 19.4 Å². The maximum atomic E-state index is 12.0. The number of nitrogens with zero attached hydrogens (tertiary/aromatic N) is 2. The van der Waals surface area contributed by atoms with Crippen molar-refractivity contribution in [3.8, 4) is 0 Å². The number of carbonyl (C=O) groups excluding carboxylic acids is 2. The van der Waals surface area contributed by atoms with E-state index in [0.29, 0.717) is 26.1 Å². The number of rotatable bonds is 7. The molecule has 1 atom stereocenters. The summed E-state index contributed by atoms with van der Waals surface area (Å²) in [4.78, 5) is 26.5. The van der Waals surface area contributed by atoms with Crippen LogP contribution >= 0.6 is 0 Å². The molecule has 1 unspecified atom stereocenters. The van der Waals surface area contributed by atoms with Gasteiger partial charge in [-0.15, -0.1) is 0 Å². The van der Waals surface area contributed by atoms with Gasteiger partial charge in [0, 0.05) is 25.6 Å². The number of amides is 2. The van der Waals surface area contributed by atoms with E-state index in [0.717, 1.165) is 0 Å². The summed E-state index contributed by atoms with van der Waals surface area (Å²) in [5, 5.41) is 0. The zero-order valence-electron chi connectivity index (χ0n) is 11.6. The van der Waals surface area contributed by atoms with Crippen molar-refractivity contribution in [3.05, 3.63) is 12.7 Å². The molecule has 1 fully saturated rings. The van der Waals surface area contributed by atoms with Gasteiger partial charge in [0.1, 0.15) is 0 Å². The Bertz CT molecular complexity index is 364. The van der Waals surface area contributed by atoms with Crippen molar-refractivity contribution < 1.29 is 23.1 Å². The molecule has 0 aliphatic carbocycles. The van der Waals surface area contributed by atoms with Gasteiger partial charge in [0.2, 0.25) is 11.8 Å². The molecule has 0 bridgehead atoms. The van der Waals surface area contributed by atoms with E-state index < -0.39 is 6.61 Å². The summed E-state index contributed by atoms with van der Waals surface area (Å²) in [7, 11) is 0. The molecule has 0 N–H and O–H groups in total. The molecule has 1 saturated heterocycles. The van der Waals surface area contributed by atoms with Crippen LogP contribution < -0.4 is 0 Å². The summed E-state index contributed by atoms with van der Waals surface area (Å²) in [6.07, 6.45) is 1.81. The summed E-state index contributed by atoms with van der Waals surface area (Å²) >= 11 is 0. The Kier molecular flexibility index (Phi) is 6.57. The third-order valence-electron chi connectivity index (χ3n) is 3.29. The minimum Gasteiger partial charge on any atom is -0.341 e. The lowest BCUT2D eigenvalue weighted by Crippen LogP contribution is -2.41. The Balaban J connectivity index is 2.41.